The van der Waals surface area contributed by atoms with Crippen LogP contribution in [-0.2, 0) is 6.54 Å². The van der Waals surface area contributed by atoms with E-state index in [0.717, 1.165) is 6.54 Å². The van der Waals surface area contributed by atoms with Crippen LogP contribution in [0.5, 0.6) is 0 Å². The second-order valence-electron chi connectivity index (χ2n) is 5.83. The van der Waals surface area contributed by atoms with Crippen molar-refractivity contribution in [2.45, 2.75) is 39.3 Å². The molecule has 1 aliphatic rings. The lowest BCUT2D eigenvalue weighted by molar-refractivity contribution is 0.481. The van der Waals surface area contributed by atoms with Gasteiger partial charge in [-0.15, -0.1) is 0 Å². The van der Waals surface area contributed by atoms with Gasteiger partial charge in [0.25, 0.3) is 0 Å². The molecule has 2 heterocycles. The highest BCUT2D eigenvalue weighted by molar-refractivity contribution is 7.99. The molecule has 3 rings (SSSR count). The van der Waals surface area contributed by atoms with E-state index in [0.29, 0.717) is 6.04 Å². The number of nitrogens with zero attached hydrogens (tertiary/aromatic N) is 1. The van der Waals surface area contributed by atoms with Crippen LogP contribution in [0, 0.1) is 13.8 Å². The second-order valence-corrected chi connectivity index (χ2v) is 7.06. The van der Waals surface area contributed by atoms with Gasteiger partial charge in [0, 0.05) is 29.7 Å². The fourth-order valence-corrected chi connectivity index (χ4v) is 4.25. The van der Waals surface area contributed by atoms with Gasteiger partial charge in [0.15, 0.2) is 0 Å². The molecule has 0 bridgehead atoms. The van der Waals surface area contributed by atoms with Gasteiger partial charge in [0.1, 0.15) is 0 Å². The summed E-state index contributed by atoms with van der Waals surface area (Å²) in [5, 5.41) is 3.74. The summed E-state index contributed by atoms with van der Waals surface area (Å²) < 4.78 is 2.35. The first-order valence-electron chi connectivity index (χ1n) is 7.80. The molecular formula is C18H24N2S. The molecule has 21 heavy (non-hydrogen) atoms. The maximum Gasteiger partial charge on any atom is 0.0455 e. The van der Waals surface area contributed by atoms with Crippen LogP contribution in [0.2, 0.25) is 0 Å². The Morgan fingerprint density at radius 2 is 1.86 bits per heavy atom. The number of aromatic nitrogens is 1. The van der Waals surface area contributed by atoms with Crippen LogP contribution < -0.4 is 5.32 Å². The van der Waals surface area contributed by atoms with Crippen molar-refractivity contribution in [1.82, 2.24) is 9.88 Å². The molecule has 1 aromatic heterocycles. The van der Waals surface area contributed by atoms with Crippen molar-refractivity contribution in [3.63, 3.8) is 0 Å². The van der Waals surface area contributed by atoms with Gasteiger partial charge in [-0.05, 0) is 62.0 Å². The van der Waals surface area contributed by atoms with Crippen molar-refractivity contribution in [2.75, 3.05) is 11.5 Å². The minimum atomic E-state index is 0.700. The molecule has 0 unspecified atom stereocenters. The topological polar surface area (TPSA) is 17.0 Å². The van der Waals surface area contributed by atoms with E-state index in [1.807, 2.05) is 0 Å². The van der Waals surface area contributed by atoms with Gasteiger partial charge in [-0.2, -0.15) is 11.8 Å². The predicted molar refractivity (Wildman–Crippen MR) is 92.4 cm³/mol. The van der Waals surface area contributed by atoms with Crippen LogP contribution in [0.15, 0.2) is 36.4 Å². The molecule has 0 aliphatic carbocycles. The quantitative estimate of drug-likeness (QED) is 0.916. The number of hydrogen-bond donors (Lipinski definition) is 1. The van der Waals surface area contributed by atoms with Crippen LogP contribution >= 0.6 is 11.8 Å². The molecule has 0 saturated carbocycles. The van der Waals surface area contributed by atoms with Gasteiger partial charge in [-0.25, -0.2) is 0 Å². The number of aryl methyl sites for hydroxylation is 1. The van der Waals surface area contributed by atoms with Crippen LogP contribution in [0.25, 0.3) is 5.69 Å². The Morgan fingerprint density at radius 1 is 1.14 bits per heavy atom. The molecule has 3 heteroatoms. The van der Waals surface area contributed by atoms with Crippen LogP contribution in [0.3, 0.4) is 0 Å². The van der Waals surface area contributed by atoms with Crippen molar-refractivity contribution in [1.29, 1.82) is 0 Å². The summed E-state index contributed by atoms with van der Waals surface area (Å²) in [5.74, 6) is 2.61. The maximum absolute atomic E-state index is 3.74. The Hall–Kier alpha value is -1.19. The molecular weight excluding hydrogens is 276 g/mol. The zero-order chi connectivity index (χ0) is 14.7. The summed E-state index contributed by atoms with van der Waals surface area (Å²) in [4.78, 5) is 0. The van der Waals surface area contributed by atoms with Gasteiger partial charge in [0.05, 0.1) is 0 Å². The summed E-state index contributed by atoms with van der Waals surface area (Å²) in [7, 11) is 0. The third kappa shape index (κ3) is 3.35. The normalized spacial score (nSPS) is 16.3. The van der Waals surface area contributed by atoms with Gasteiger partial charge >= 0.3 is 0 Å². The first kappa shape index (κ1) is 14.7. The lowest BCUT2D eigenvalue weighted by atomic mass is 10.1. The standard InChI is InChI=1S/C18H24N2S/c1-14-12-16(13-19-17-8-10-21-11-9-17)15(2)20(14)18-6-4-3-5-7-18/h3-7,12,17,19H,8-11,13H2,1-2H3. The van der Waals surface area contributed by atoms with E-state index >= 15 is 0 Å². The van der Waals surface area contributed by atoms with Gasteiger partial charge in [-0.1, -0.05) is 18.2 Å². The number of rotatable bonds is 4. The van der Waals surface area contributed by atoms with E-state index in [-0.39, 0.29) is 0 Å². The third-order valence-corrected chi connectivity index (χ3v) is 5.40. The minimum Gasteiger partial charge on any atom is -0.318 e. The van der Waals surface area contributed by atoms with E-state index in [2.05, 4.69) is 71.9 Å². The molecule has 0 radical (unpaired) electrons. The molecule has 1 aliphatic heterocycles. The Balaban J connectivity index is 1.75. The summed E-state index contributed by atoms with van der Waals surface area (Å²) in [6.45, 7) is 5.41. The smallest absolute Gasteiger partial charge is 0.0455 e. The van der Waals surface area contributed by atoms with Crippen LogP contribution in [0.1, 0.15) is 29.8 Å². The van der Waals surface area contributed by atoms with Crippen LogP contribution in [0.4, 0.5) is 0 Å². The Bertz CT molecular complexity index is 583. The zero-order valence-corrected chi connectivity index (χ0v) is 13.7. The van der Waals surface area contributed by atoms with Gasteiger partial charge in [-0.3, -0.25) is 0 Å². The minimum absolute atomic E-state index is 0.700. The van der Waals surface area contributed by atoms with Crippen molar-refractivity contribution in [2.24, 2.45) is 0 Å². The first-order chi connectivity index (χ1) is 10.3. The molecule has 0 amide bonds. The Morgan fingerprint density at radius 3 is 2.57 bits per heavy atom. The summed E-state index contributed by atoms with van der Waals surface area (Å²) in [6, 6.07) is 13.7. The fourth-order valence-electron chi connectivity index (χ4n) is 3.14. The second kappa shape index (κ2) is 6.71. The highest BCUT2D eigenvalue weighted by atomic mass is 32.2. The van der Waals surface area contributed by atoms with Gasteiger partial charge in [0.2, 0.25) is 0 Å². The number of benzene rings is 1. The summed E-state index contributed by atoms with van der Waals surface area (Å²) in [6.07, 6.45) is 2.62. The maximum atomic E-state index is 3.74. The number of para-hydroxylation sites is 1. The summed E-state index contributed by atoms with van der Waals surface area (Å²) >= 11 is 2.08. The van der Waals surface area contributed by atoms with E-state index in [1.165, 1.54) is 47.0 Å². The van der Waals surface area contributed by atoms with Crippen LogP contribution in [-0.4, -0.2) is 22.1 Å². The molecule has 1 N–H and O–H groups in total. The SMILES string of the molecule is Cc1cc(CNC2CCSCC2)c(C)n1-c1ccccc1. The van der Waals surface area contributed by atoms with Crippen molar-refractivity contribution >= 4 is 11.8 Å². The monoisotopic (exact) mass is 300 g/mol. The lowest BCUT2D eigenvalue weighted by Crippen LogP contribution is -2.32. The largest absolute Gasteiger partial charge is 0.318 e. The average Bonchev–Trinajstić information content (AvgIpc) is 2.81. The van der Waals surface area contributed by atoms with Crippen molar-refractivity contribution in [3.8, 4) is 5.69 Å². The van der Waals surface area contributed by atoms with E-state index in [1.54, 1.807) is 0 Å². The van der Waals surface area contributed by atoms with Crippen molar-refractivity contribution in [3.05, 3.63) is 53.3 Å². The lowest BCUT2D eigenvalue weighted by Gasteiger charge is -2.22. The number of thioether (sulfide) groups is 1. The van der Waals surface area contributed by atoms with E-state index < -0.39 is 0 Å². The Labute approximate surface area is 131 Å². The summed E-state index contributed by atoms with van der Waals surface area (Å²) in [5.41, 5.74) is 5.36. The Kier molecular flexibility index (Phi) is 4.71. The van der Waals surface area contributed by atoms with E-state index in [9.17, 15) is 0 Å². The molecule has 1 fully saturated rings. The molecule has 1 aromatic carbocycles. The zero-order valence-electron chi connectivity index (χ0n) is 12.9. The van der Waals surface area contributed by atoms with Gasteiger partial charge < -0.3 is 9.88 Å². The molecule has 0 spiro atoms. The molecule has 2 aromatic rings. The first-order valence-corrected chi connectivity index (χ1v) is 8.95. The highest BCUT2D eigenvalue weighted by Crippen LogP contribution is 2.22. The average molecular weight is 300 g/mol. The number of nitrogens with one attached hydrogen (secondary N) is 1. The predicted octanol–water partition coefficient (Wildman–Crippen LogP) is 4.08. The third-order valence-electron chi connectivity index (χ3n) is 4.35. The molecule has 2 nitrogen and oxygen atoms in total. The molecule has 0 atom stereocenters. The molecule has 1 saturated heterocycles. The fraction of sp³-hybridized carbons (Fsp3) is 0.444. The highest BCUT2D eigenvalue weighted by Gasteiger charge is 2.15. The number of hydrogen-bond acceptors (Lipinski definition) is 2. The van der Waals surface area contributed by atoms with Crippen molar-refractivity contribution < 1.29 is 0 Å². The van der Waals surface area contributed by atoms with E-state index in [4.69, 9.17) is 0 Å². The molecule has 112 valence electrons.